The first-order valence-electron chi connectivity index (χ1n) is 6.70. The van der Waals surface area contributed by atoms with E-state index in [0.29, 0.717) is 11.3 Å². The number of carbonyl (C=O) groups excluding carboxylic acids is 2. The Bertz CT molecular complexity index is 763. The van der Waals surface area contributed by atoms with E-state index in [1.165, 1.54) is 13.0 Å². The van der Waals surface area contributed by atoms with Crippen LogP contribution in [-0.4, -0.2) is 18.5 Å². The van der Waals surface area contributed by atoms with Gasteiger partial charge >= 0.3 is 5.97 Å². The van der Waals surface area contributed by atoms with Crippen LogP contribution in [0.4, 0.5) is 5.69 Å². The third kappa shape index (κ3) is 3.82. The molecule has 0 aliphatic heterocycles. The molecule has 0 spiro atoms. The normalized spacial score (nSPS) is 10.1. The summed E-state index contributed by atoms with van der Waals surface area (Å²) in [4.78, 5) is 34.5. The molecule has 0 fully saturated rings. The molecule has 1 aromatic heterocycles. The van der Waals surface area contributed by atoms with Crippen LogP contribution in [0.15, 0.2) is 45.6 Å². The van der Waals surface area contributed by atoms with E-state index < -0.39 is 5.97 Å². The summed E-state index contributed by atoms with van der Waals surface area (Å²) in [5.74, 6) is -0.838. The number of rotatable bonds is 4. The predicted molar refractivity (Wildman–Crippen MR) is 80.7 cm³/mol. The Morgan fingerprint density at radius 3 is 2.68 bits per heavy atom. The number of esters is 1. The van der Waals surface area contributed by atoms with Crippen LogP contribution in [0.3, 0.4) is 0 Å². The molecule has 0 unspecified atom stereocenters. The fraction of sp³-hybridized carbons (Fsp3) is 0.188. The third-order valence-corrected chi connectivity index (χ3v) is 2.71. The van der Waals surface area contributed by atoms with E-state index in [0.717, 1.165) is 6.07 Å². The number of hydrogen-bond donors (Lipinski definition) is 1. The van der Waals surface area contributed by atoms with Crippen LogP contribution in [0.5, 0.6) is 0 Å². The predicted octanol–water partition coefficient (Wildman–Crippen LogP) is 2.44. The number of benzene rings is 1. The van der Waals surface area contributed by atoms with Crippen LogP contribution in [0.25, 0.3) is 11.3 Å². The summed E-state index contributed by atoms with van der Waals surface area (Å²) < 4.78 is 10.3. The van der Waals surface area contributed by atoms with E-state index >= 15 is 0 Å². The van der Waals surface area contributed by atoms with Crippen molar-refractivity contribution in [1.82, 2.24) is 0 Å². The molecule has 6 nitrogen and oxygen atoms in total. The molecule has 1 N–H and O–H groups in total. The van der Waals surface area contributed by atoms with E-state index in [9.17, 15) is 14.4 Å². The second kappa shape index (κ2) is 6.71. The van der Waals surface area contributed by atoms with E-state index in [1.54, 1.807) is 31.2 Å². The van der Waals surface area contributed by atoms with Crippen LogP contribution < -0.4 is 10.7 Å². The van der Waals surface area contributed by atoms with Crippen molar-refractivity contribution in [3.05, 3.63) is 52.4 Å². The molecule has 2 aromatic rings. The van der Waals surface area contributed by atoms with Gasteiger partial charge < -0.3 is 14.5 Å². The zero-order valence-electron chi connectivity index (χ0n) is 12.2. The number of carbonyl (C=O) groups is 2. The van der Waals surface area contributed by atoms with Crippen molar-refractivity contribution in [1.29, 1.82) is 0 Å². The minimum absolute atomic E-state index is 0.158. The molecule has 22 heavy (non-hydrogen) atoms. The lowest BCUT2D eigenvalue weighted by atomic mass is 10.1. The fourth-order valence-electron chi connectivity index (χ4n) is 1.88. The van der Waals surface area contributed by atoms with Crippen molar-refractivity contribution in [3.63, 3.8) is 0 Å². The van der Waals surface area contributed by atoms with Gasteiger partial charge in [0.05, 0.1) is 6.61 Å². The Hall–Kier alpha value is -2.89. The molecule has 1 amide bonds. The van der Waals surface area contributed by atoms with Crippen molar-refractivity contribution in [2.75, 3.05) is 11.9 Å². The van der Waals surface area contributed by atoms with Crippen molar-refractivity contribution < 1.29 is 18.7 Å². The highest BCUT2D eigenvalue weighted by molar-refractivity contribution is 5.89. The van der Waals surface area contributed by atoms with E-state index in [2.05, 4.69) is 5.32 Å². The molecule has 0 aliphatic carbocycles. The Morgan fingerprint density at radius 2 is 2.00 bits per heavy atom. The lowest BCUT2D eigenvalue weighted by Crippen LogP contribution is -2.09. The molecule has 0 aliphatic rings. The largest absolute Gasteiger partial charge is 0.460 e. The molecule has 0 bridgehead atoms. The van der Waals surface area contributed by atoms with Crippen molar-refractivity contribution >= 4 is 17.6 Å². The Kier molecular flexibility index (Phi) is 4.73. The molecule has 114 valence electrons. The summed E-state index contributed by atoms with van der Waals surface area (Å²) in [6.45, 7) is 3.25. The highest BCUT2D eigenvalue weighted by Crippen LogP contribution is 2.22. The van der Waals surface area contributed by atoms with Crippen molar-refractivity contribution in [2.45, 2.75) is 13.8 Å². The third-order valence-electron chi connectivity index (χ3n) is 2.71. The van der Waals surface area contributed by atoms with Crippen molar-refractivity contribution in [3.8, 4) is 11.3 Å². The van der Waals surface area contributed by atoms with Gasteiger partial charge in [0.1, 0.15) is 5.76 Å². The van der Waals surface area contributed by atoms with Crippen LogP contribution >= 0.6 is 0 Å². The van der Waals surface area contributed by atoms with Gasteiger partial charge in [0.25, 0.3) is 0 Å². The van der Waals surface area contributed by atoms with Crippen LogP contribution in [0.1, 0.15) is 24.4 Å². The minimum atomic E-state index is -0.695. The molecule has 0 saturated heterocycles. The van der Waals surface area contributed by atoms with Gasteiger partial charge in [0.2, 0.25) is 11.7 Å². The summed E-state index contributed by atoms with van der Waals surface area (Å²) in [7, 11) is 0. The smallest absolute Gasteiger partial charge is 0.374 e. The summed E-state index contributed by atoms with van der Waals surface area (Å²) in [5, 5.41) is 2.64. The minimum Gasteiger partial charge on any atom is -0.460 e. The topological polar surface area (TPSA) is 85.6 Å². The molecule has 1 heterocycles. The average Bonchev–Trinajstić information content (AvgIpc) is 2.46. The maximum Gasteiger partial charge on any atom is 0.374 e. The number of ether oxygens (including phenoxy) is 1. The second-order valence-electron chi connectivity index (χ2n) is 4.50. The Labute approximate surface area is 126 Å². The molecule has 0 saturated carbocycles. The monoisotopic (exact) mass is 301 g/mol. The Morgan fingerprint density at radius 1 is 1.23 bits per heavy atom. The zero-order chi connectivity index (χ0) is 16.1. The van der Waals surface area contributed by atoms with Gasteiger partial charge in [-0.05, 0) is 19.1 Å². The van der Waals surface area contributed by atoms with Gasteiger partial charge in [-0.1, -0.05) is 12.1 Å². The standard InChI is InChI=1S/C16H15NO5/c1-3-21-16(20)15-9-13(19)8-14(22-15)11-5-4-6-12(7-11)17-10(2)18/h4-9H,3H2,1-2H3,(H,17,18). The molecule has 2 rings (SSSR count). The summed E-state index contributed by atoms with van der Waals surface area (Å²) in [6.07, 6.45) is 0. The van der Waals surface area contributed by atoms with Crippen LogP contribution in [-0.2, 0) is 9.53 Å². The van der Waals surface area contributed by atoms with Gasteiger partial charge in [-0.15, -0.1) is 0 Å². The Balaban J connectivity index is 2.42. The molecular weight excluding hydrogens is 286 g/mol. The first kappa shape index (κ1) is 15.5. The van der Waals surface area contributed by atoms with E-state index in [4.69, 9.17) is 9.15 Å². The number of hydrogen-bond acceptors (Lipinski definition) is 5. The summed E-state index contributed by atoms with van der Waals surface area (Å²) >= 11 is 0. The first-order valence-corrected chi connectivity index (χ1v) is 6.70. The quantitative estimate of drug-likeness (QED) is 0.877. The van der Waals surface area contributed by atoms with Crippen LogP contribution in [0.2, 0.25) is 0 Å². The molecule has 0 radical (unpaired) electrons. The lowest BCUT2D eigenvalue weighted by Gasteiger charge is -2.07. The zero-order valence-corrected chi connectivity index (χ0v) is 12.2. The highest BCUT2D eigenvalue weighted by Gasteiger charge is 2.13. The van der Waals surface area contributed by atoms with Gasteiger partial charge in [0.15, 0.2) is 5.43 Å². The summed E-state index contributed by atoms with van der Waals surface area (Å²) in [5.41, 5.74) is 0.762. The van der Waals surface area contributed by atoms with E-state index in [1.807, 2.05) is 0 Å². The van der Waals surface area contributed by atoms with Gasteiger partial charge in [-0.2, -0.15) is 0 Å². The lowest BCUT2D eigenvalue weighted by molar-refractivity contribution is -0.114. The summed E-state index contributed by atoms with van der Waals surface area (Å²) in [6, 6.07) is 9.12. The van der Waals surface area contributed by atoms with Crippen molar-refractivity contribution in [2.24, 2.45) is 0 Å². The second-order valence-corrected chi connectivity index (χ2v) is 4.50. The van der Waals surface area contributed by atoms with Gasteiger partial charge in [0, 0.05) is 30.3 Å². The molecule has 0 atom stereocenters. The molecule has 6 heteroatoms. The maximum absolute atomic E-state index is 11.7. The van der Waals surface area contributed by atoms with Gasteiger partial charge in [-0.3, -0.25) is 9.59 Å². The maximum atomic E-state index is 11.7. The molecule has 1 aromatic carbocycles. The SMILES string of the molecule is CCOC(=O)c1cc(=O)cc(-c2cccc(NC(C)=O)c2)o1. The van der Waals surface area contributed by atoms with E-state index in [-0.39, 0.29) is 29.5 Å². The number of anilines is 1. The highest BCUT2D eigenvalue weighted by atomic mass is 16.5. The van der Waals surface area contributed by atoms with Crippen LogP contribution in [0, 0.1) is 0 Å². The first-order chi connectivity index (χ1) is 10.5. The number of amides is 1. The van der Waals surface area contributed by atoms with Gasteiger partial charge in [-0.25, -0.2) is 4.79 Å². The number of nitrogens with one attached hydrogen (secondary N) is 1. The fourth-order valence-corrected chi connectivity index (χ4v) is 1.88. The molecular formula is C16H15NO5. The average molecular weight is 301 g/mol.